The zero-order chi connectivity index (χ0) is 25.5. The number of amides is 2. The van der Waals surface area contributed by atoms with Crippen molar-refractivity contribution in [2.45, 2.75) is 38.1 Å². The number of halogens is 4. The molecule has 0 saturated carbocycles. The summed E-state index contributed by atoms with van der Waals surface area (Å²) in [6.07, 6.45) is -4.96. The molecule has 1 aliphatic rings. The van der Waals surface area contributed by atoms with Crippen molar-refractivity contribution >= 4 is 40.3 Å². The molecule has 12 heteroatoms. The average molecular weight is 509 g/mol. The van der Waals surface area contributed by atoms with Crippen LogP contribution >= 0.6 is 11.6 Å². The van der Waals surface area contributed by atoms with Crippen molar-refractivity contribution in [3.63, 3.8) is 0 Å². The minimum atomic E-state index is -4.69. The summed E-state index contributed by atoms with van der Waals surface area (Å²) in [5.41, 5.74) is -1.00. The van der Waals surface area contributed by atoms with Gasteiger partial charge in [0.25, 0.3) is 5.91 Å². The highest BCUT2D eigenvalue weighted by atomic mass is 35.5. The third kappa shape index (κ3) is 4.73. The van der Waals surface area contributed by atoms with E-state index in [-0.39, 0.29) is 40.7 Å². The van der Waals surface area contributed by atoms with Crippen LogP contribution in [0.25, 0.3) is 16.7 Å². The summed E-state index contributed by atoms with van der Waals surface area (Å²) < 4.78 is 41.0. The third-order valence-electron chi connectivity index (χ3n) is 5.68. The first-order valence-electron chi connectivity index (χ1n) is 10.7. The van der Waals surface area contributed by atoms with Crippen molar-refractivity contribution in [1.82, 2.24) is 14.9 Å². The van der Waals surface area contributed by atoms with E-state index in [1.54, 1.807) is 24.3 Å². The average Bonchev–Trinajstić information content (AvgIpc) is 3.15. The van der Waals surface area contributed by atoms with E-state index in [2.05, 4.69) is 4.98 Å². The molecule has 3 aromatic rings. The molecule has 2 N–H and O–H groups in total. The first-order chi connectivity index (χ1) is 16.5. The van der Waals surface area contributed by atoms with Gasteiger partial charge in [-0.1, -0.05) is 30.7 Å². The minimum absolute atomic E-state index is 0.0179. The molecule has 1 saturated heterocycles. The maximum absolute atomic E-state index is 13.2. The van der Waals surface area contributed by atoms with Gasteiger partial charge in [-0.05, 0) is 30.7 Å². The van der Waals surface area contributed by atoms with Gasteiger partial charge in [-0.15, -0.1) is 0 Å². The van der Waals surface area contributed by atoms with Gasteiger partial charge in [-0.3, -0.25) is 23.9 Å². The molecule has 35 heavy (non-hydrogen) atoms. The molecule has 1 fully saturated rings. The van der Waals surface area contributed by atoms with E-state index < -0.39 is 41.6 Å². The van der Waals surface area contributed by atoms with Crippen LogP contribution in [0.4, 0.5) is 19.0 Å². The summed E-state index contributed by atoms with van der Waals surface area (Å²) in [6, 6.07) is 7.02. The molecule has 2 amide bonds. The summed E-state index contributed by atoms with van der Waals surface area (Å²) >= 11 is 6.33. The predicted molar refractivity (Wildman–Crippen MR) is 123 cm³/mol. The Bertz CT molecular complexity index is 1380. The van der Waals surface area contributed by atoms with Crippen molar-refractivity contribution in [3.8, 4) is 5.69 Å². The number of fused-ring (bicyclic) bond motifs is 1. The highest BCUT2D eigenvalue weighted by Gasteiger charge is 2.40. The lowest BCUT2D eigenvalue weighted by Crippen LogP contribution is -2.46. The summed E-state index contributed by atoms with van der Waals surface area (Å²) in [5.74, 6) is -1.38. The topological polar surface area (TPSA) is 105 Å². The molecule has 0 spiro atoms. The van der Waals surface area contributed by atoms with Gasteiger partial charge >= 0.3 is 6.18 Å². The van der Waals surface area contributed by atoms with Gasteiger partial charge in [-0.25, -0.2) is 4.98 Å². The number of pyridine rings is 2. The van der Waals surface area contributed by atoms with Crippen LogP contribution in [0.15, 0.2) is 47.4 Å². The molecule has 2 aromatic heterocycles. The van der Waals surface area contributed by atoms with Gasteiger partial charge in [0.2, 0.25) is 11.3 Å². The fourth-order valence-corrected chi connectivity index (χ4v) is 4.12. The highest BCUT2D eigenvalue weighted by molar-refractivity contribution is 6.32. The number of benzene rings is 1. The van der Waals surface area contributed by atoms with Crippen molar-refractivity contribution in [3.05, 3.63) is 63.4 Å². The first kappa shape index (κ1) is 24.7. The third-order valence-corrected chi connectivity index (χ3v) is 6.00. The summed E-state index contributed by atoms with van der Waals surface area (Å²) in [5, 5.41) is 11.9. The highest BCUT2D eigenvalue weighted by Crippen LogP contribution is 2.27. The van der Waals surface area contributed by atoms with Gasteiger partial charge in [0.1, 0.15) is 17.4 Å². The van der Waals surface area contributed by atoms with Crippen molar-refractivity contribution < 1.29 is 27.9 Å². The maximum Gasteiger partial charge on any atom is 0.408 e. The second kappa shape index (κ2) is 9.31. The van der Waals surface area contributed by atoms with Crippen molar-refractivity contribution in [2.75, 3.05) is 11.4 Å². The summed E-state index contributed by atoms with van der Waals surface area (Å²) in [7, 11) is 0. The van der Waals surface area contributed by atoms with Crippen LogP contribution in [0.3, 0.4) is 0 Å². The van der Waals surface area contributed by atoms with Crippen LogP contribution in [-0.2, 0) is 4.79 Å². The van der Waals surface area contributed by atoms with Crippen LogP contribution in [0, 0.1) is 0 Å². The van der Waals surface area contributed by atoms with Crippen LogP contribution < -0.4 is 15.6 Å². The van der Waals surface area contributed by atoms with E-state index in [0.717, 1.165) is 6.20 Å². The predicted octanol–water partition coefficient (Wildman–Crippen LogP) is 3.21. The number of aliphatic hydroxyl groups excluding tert-OH is 1. The number of hydrogen-bond donors (Lipinski definition) is 2. The van der Waals surface area contributed by atoms with Gasteiger partial charge in [0.15, 0.2) is 5.65 Å². The largest absolute Gasteiger partial charge is 0.408 e. The number of aliphatic hydroxyl groups is 1. The van der Waals surface area contributed by atoms with Crippen LogP contribution in [0.5, 0.6) is 0 Å². The summed E-state index contributed by atoms with van der Waals surface area (Å²) in [6.45, 7) is 1.28. The van der Waals surface area contributed by atoms with Crippen molar-refractivity contribution in [1.29, 1.82) is 0 Å². The first-order valence-corrected chi connectivity index (χ1v) is 11.1. The SMILES string of the molecule is CC[C@@H](NC(=O)c1cn(-c2ccccc2Cl)c2nc(N3C[C@@H](O)CC3=O)ccc2c1=O)C(F)(F)F. The van der Waals surface area contributed by atoms with Crippen LogP contribution in [-0.4, -0.2) is 51.3 Å². The lowest BCUT2D eigenvalue weighted by Gasteiger charge is -2.21. The molecule has 0 radical (unpaired) electrons. The number of aromatic nitrogens is 2. The number of anilines is 1. The van der Waals surface area contributed by atoms with E-state index in [9.17, 15) is 32.7 Å². The molecule has 0 unspecified atom stereocenters. The molecule has 1 aromatic carbocycles. The molecule has 1 aliphatic heterocycles. The van der Waals surface area contributed by atoms with Crippen LogP contribution in [0.1, 0.15) is 30.1 Å². The second-order valence-corrected chi connectivity index (χ2v) is 8.48. The Kier molecular flexibility index (Phi) is 6.56. The zero-order valence-electron chi connectivity index (χ0n) is 18.3. The Morgan fingerprint density at radius 1 is 1.26 bits per heavy atom. The van der Waals surface area contributed by atoms with Crippen molar-refractivity contribution in [2.24, 2.45) is 0 Å². The number of rotatable bonds is 5. The number of nitrogens with one attached hydrogen (secondary N) is 1. The Morgan fingerprint density at radius 3 is 2.57 bits per heavy atom. The van der Waals surface area contributed by atoms with E-state index in [0.29, 0.717) is 5.69 Å². The Balaban J connectivity index is 1.91. The lowest BCUT2D eigenvalue weighted by atomic mass is 10.1. The fraction of sp³-hybridized carbons (Fsp3) is 0.304. The number of nitrogens with zero attached hydrogens (tertiary/aromatic N) is 3. The Labute approximate surface area is 201 Å². The molecule has 0 aliphatic carbocycles. The molecular weight excluding hydrogens is 489 g/mol. The lowest BCUT2D eigenvalue weighted by molar-refractivity contribution is -0.153. The normalized spacial score (nSPS) is 17.1. The van der Waals surface area contributed by atoms with Crippen LogP contribution in [0.2, 0.25) is 5.02 Å². The maximum atomic E-state index is 13.2. The molecule has 4 rings (SSSR count). The van der Waals surface area contributed by atoms with E-state index in [1.807, 2.05) is 5.32 Å². The molecule has 8 nitrogen and oxygen atoms in total. The standard InChI is InChI=1S/C23H20ClF3N4O4/c1-2-17(23(25,26)27)28-22(35)14-11-30(16-6-4-3-5-15(16)24)21-13(20(14)34)7-8-18(29-21)31-10-12(32)9-19(31)33/h3-8,11-12,17,32H,2,9-10H2,1H3,(H,28,35)/t12-,17+/m0/s1. The molecule has 2 atom stereocenters. The number of β-amino-alcohol motifs (C(OH)–C–C–N with tert-alkyl or cyclic N) is 1. The van der Waals surface area contributed by atoms with E-state index >= 15 is 0 Å². The fourth-order valence-electron chi connectivity index (χ4n) is 3.90. The van der Waals surface area contributed by atoms with Gasteiger partial charge in [0, 0.05) is 6.20 Å². The summed E-state index contributed by atoms with van der Waals surface area (Å²) in [4.78, 5) is 43.9. The molecule has 184 valence electrons. The molecule has 0 bridgehead atoms. The monoisotopic (exact) mass is 508 g/mol. The Hall–Kier alpha value is -3.44. The Morgan fingerprint density at radius 2 is 1.97 bits per heavy atom. The number of alkyl halides is 3. The number of para-hydroxylation sites is 1. The quantitative estimate of drug-likeness (QED) is 0.551. The van der Waals surface area contributed by atoms with E-state index in [4.69, 9.17) is 11.6 Å². The van der Waals surface area contributed by atoms with E-state index in [1.165, 1.54) is 28.5 Å². The minimum Gasteiger partial charge on any atom is -0.391 e. The van der Waals surface area contributed by atoms with Gasteiger partial charge in [-0.2, -0.15) is 13.2 Å². The number of carbonyl (C=O) groups is 2. The zero-order valence-corrected chi connectivity index (χ0v) is 19.1. The van der Waals surface area contributed by atoms with Gasteiger partial charge < -0.3 is 10.4 Å². The number of hydrogen-bond acceptors (Lipinski definition) is 5. The van der Waals surface area contributed by atoms with Gasteiger partial charge in [0.05, 0.1) is 35.2 Å². The number of carbonyl (C=O) groups excluding carboxylic acids is 2. The second-order valence-electron chi connectivity index (χ2n) is 8.07. The molecular formula is C23H20ClF3N4O4. The smallest absolute Gasteiger partial charge is 0.391 e. The molecule has 3 heterocycles.